The summed E-state index contributed by atoms with van der Waals surface area (Å²) >= 11 is 0. The molecule has 1 fully saturated rings. The van der Waals surface area contributed by atoms with Crippen molar-refractivity contribution in [1.82, 2.24) is 10.6 Å². The number of halogens is 1. The number of ether oxygens (including phenoxy) is 3. The van der Waals surface area contributed by atoms with Gasteiger partial charge in [0.2, 0.25) is 0 Å². The number of rotatable bonds is 11. The lowest BCUT2D eigenvalue weighted by Crippen LogP contribution is -2.38. The highest BCUT2D eigenvalue weighted by Gasteiger charge is 2.17. The molecular formula is C22H38IN3O3. The summed E-state index contributed by atoms with van der Waals surface area (Å²) in [5, 5.41) is 6.67. The Balaban J connectivity index is 0.00000420. The van der Waals surface area contributed by atoms with Crippen molar-refractivity contribution in [3.05, 3.63) is 29.3 Å². The molecule has 1 unspecified atom stereocenters. The van der Waals surface area contributed by atoms with Crippen LogP contribution in [0.2, 0.25) is 0 Å². The van der Waals surface area contributed by atoms with Gasteiger partial charge in [-0.1, -0.05) is 12.1 Å². The molecule has 0 saturated carbocycles. The Morgan fingerprint density at radius 2 is 2.14 bits per heavy atom. The van der Waals surface area contributed by atoms with Gasteiger partial charge in [-0.2, -0.15) is 0 Å². The second-order valence-electron chi connectivity index (χ2n) is 7.45. The van der Waals surface area contributed by atoms with Gasteiger partial charge in [0.25, 0.3) is 0 Å². The summed E-state index contributed by atoms with van der Waals surface area (Å²) in [6.45, 7) is 12.7. The molecular weight excluding hydrogens is 481 g/mol. The third-order valence-electron chi connectivity index (χ3n) is 4.49. The van der Waals surface area contributed by atoms with Crippen LogP contribution >= 0.6 is 24.0 Å². The molecule has 0 amide bonds. The molecule has 0 spiro atoms. The summed E-state index contributed by atoms with van der Waals surface area (Å²) in [5.41, 5.74) is 2.27. The highest BCUT2D eigenvalue weighted by Crippen LogP contribution is 2.23. The summed E-state index contributed by atoms with van der Waals surface area (Å²) in [7, 11) is 0. The Morgan fingerprint density at radius 3 is 2.83 bits per heavy atom. The van der Waals surface area contributed by atoms with Gasteiger partial charge in [-0.25, -0.2) is 4.99 Å². The summed E-state index contributed by atoms with van der Waals surface area (Å²) < 4.78 is 17.3. The Labute approximate surface area is 193 Å². The van der Waals surface area contributed by atoms with Crippen LogP contribution in [0.25, 0.3) is 0 Å². The molecule has 0 radical (unpaired) electrons. The Kier molecular flexibility index (Phi) is 13.3. The molecule has 0 aromatic heterocycles. The maximum absolute atomic E-state index is 6.08. The average molecular weight is 519 g/mol. The molecule has 166 valence electrons. The maximum atomic E-state index is 6.08. The number of nitrogens with one attached hydrogen (secondary N) is 2. The molecule has 1 aromatic rings. The van der Waals surface area contributed by atoms with Crippen LogP contribution < -0.4 is 15.4 Å². The monoisotopic (exact) mass is 519 g/mol. The van der Waals surface area contributed by atoms with E-state index in [-0.39, 0.29) is 36.2 Å². The standard InChI is InChI=1S/C22H37N3O3.HI/c1-5-23-22(24-11-7-13-26-17(2)3)25-15-19-10-9-18(4)14-21(19)28-16-20-8-6-12-27-20;/h9-10,14,17,20H,5-8,11-13,15-16H2,1-4H3,(H2,23,24,25);1H. The predicted octanol–water partition coefficient (Wildman–Crippen LogP) is 4.04. The van der Waals surface area contributed by atoms with Gasteiger partial charge in [-0.05, 0) is 58.6 Å². The molecule has 7 heteroatoms. The zero-order chi connectivity index (χ0) is 20.2. The molecule has 2 rings (SSSR count). The predicted molar refractivity (Wildman–Crippen MR) is 130 cm³/mol. The van der Waals surface area contributed by atoms with Crippen molar-refractivity contribution in [3.63, 3.8) is 0 Å². The van der Waals surface area contributed by atoms with Crippen LogP contribution in [0.1, 0.15) is 51.2 Å². The molecule has 1 heterocycles. The van der Waals surface area contributed by atoms with Crippen molar-refractivity contribution in [1.29, 1.82) is 0 Å². The van der Waals surface area contributed by atoms with E-state index in [1.54, 1.807) is 0 Å². The molecule has 29 heavy (non-hydrogen) atoms. The lowest BCUT2D eigenvalue weighted by Gasteiger charge is -2.16. The first-order valence-electron chi connectivity index (χ1n) is 10.6. The van der Waals surface area contributed by atoms with Crippen LogP contribution in [0.5, 0.6) is 5.75 Å². The second-order valence-corrected chi connectivity index (χ2v) is 7.45. The van der Waals surface area contributed by atoms with E-state index in [1.165, 1.54) is 5.56 Å². The first kappa shape index (κ1) is 26.0. The molecule has 2 N–H and O–H groups in total. The van der Waals surface area contributed by atoms with Crippen molar-refractivity contribution in [3.8, 4) is 5.75 Å². The third kappa shape index (κ3) is 10.5. The van der Waals surface area contributed by atoms with Crippen molar-refractivity contribution < 1.29 is 14.2 Å². The van der Waals surface area contributed by atoms with E-state index in [4.69, 9.17) is 19.2 Å². The summed E-state index contributed by atoms with van der Waals surface area (Å²) in [4.78, 5) is 4.73. The van der Waals surface area contributed by atoms with E-state index >= 15 is 0 Å². The van der Waals surface area contributed by atoms with Gasteiger partial charge in [0.15, 0.2) is 5.96 Å². The lowest BCUT2D eigenvalue weighted by molar-refractivity contribution is 0.0676. The molecule has 0 aliphatic carbocycles. The Bertz CT molecular complexity index is 605. The zero-order valence-corrected chi connectivity index (χ0v) is 20.7. The average Bonchev–Trinajstić information content (AvgIpc) is 3.18. The molecule has 6 nitrogen and oxygen atoms in total. The van der Waals surface area contributed by atoms with E-state index in [0.717, 1.165) is 62.8 Å². The van der Waals surface area contributed by atoms with Gasteiger partial charge < -0.3 is 24.8 Å². The van der Waals surface area contributed by atoms with Crippen molar-refractivity contribution in [2.24, 2.45) is 4.99 Å². The third-order valence-corrected chi connectivity index (χ3v) is 4.49. The first-order valence-corrected chi connectivity index (χ1v) is 10.6. The van der Waals surface area contributed by atoms with E-state index in [1.807, 2.05) is 0 Å². The largest absolute Gasteiger partial charge is 0.491 e. The minimum Gasteiger partial charge on any atom is -0.491 e. The number of benzene rings is 1. The number of aliphatic imine (C=N–C) groups is 1. The Hall–Kier alpha value is -1.06. The molecule has 1 atom stereocenters. The van der Waals surface area contributed by atoms with Gasteiger partial charge in [-0.15, -0.1) is 24.0 Å². The Morgan fingerprint density at radius 1 is 1.31 bits per heavy atom. The van der Waals surface area contributed by atoms with Crippen molar-refractivity contribution >= 4 is 29.9 Å². The number of hydrogen-bond acceptors (Lipinski definition) is 4. The minimum atomic E-state index is 0. The first-order chi connectivity index (χ1) is 13.6. The van der Waals surface area contributed by atoms with E-state index < -0.39 is 0 Å². The van der Waals surface area contributed by atoms with Crippen molar-refractivity contribution in [2.45, 2.75) is 65.7 Å². The normalized spacial score (nSPS) is 16.6. The van der Waals surface area contributed by atoms with Crippen LogP contribution in [0, 0.1) is 6.92 Å². The molecule has 1 saturated heterocycles. The minimum absolute atomic E-state index is 0. The van der Waals surface area contributed by atoms with Crippen LogP contribution in [0.15, 0.2) is 23.2 Å². The molecule has 1 aliphatic rings. The fourth-order valence-corrected chi connectivity index (χ4v) is 2.99. The molecule has 0 bridgehead atoms. The van der Waals surface area contributed by atoms with Gasteiger partial charge >= 0.3 is 0 Å². The quantitative estimate of drug-likeness (QED) is 0.200. The highest BCUT2D eigenvalue weighted by molar-refractivity contribution is 14.0. The van der Waals surface area contributed by atoms with E-state index in [9.17, 15) is 0 Å². The smallest absolute Gasteiger partial charge is 0.191 e. The SMILES string of the molecule is CCNC(=NCc1ccc(C)cc1OCC1CCCO1)NCCCOC(C)C.I. The summed E-state index contributed by atoms with van der Waals surface area (Å²) in [6, 6.07) is 6.29. The maximum Gasteiger partial charge on any atom is 0.191 e. The highest BCUT2D eigenvalue weighted by atomic mass is 127. The van der Waals surface area contributed by atoms with Crippen LogP contribution in [0.4, 0.5) is 0 Å². The van der Waals surface area contributed by atoms with Crippen LogP contribution in [0.3, 0.4) is 0 Å². The number of nitrogens with zero attached hydrogens (tertiary/aromatic N) is 1. The molecule has 1 aliphatic heterocycles. The number of hydrogen-bond donors (Lipinski definition) is 2. The fourth-order valence-electron chi connectivity index (χ4n) is 2.99. The van der Waals surface area contributed by atoms with Gasteiger partial charge in [-0.3, -0.25) is 0 Å². The zero-order valence-electron chi connectivity index (χ0n) is 18.3. The van der Waals surface area contributed by atoms with Crippen LogP contribution in [-0.4, -0.2) is 51.1 Å². The number of guanidine groups is 1. The van der Waals surface area contributed by atoms with Gasteiger partial charge in [0.05, 0.1) is 18.8 Å². The lowest BCUT2D eigenvalue weighted by atomic mass is 10.1. The van der Waals surface area contributed by atoms with E-state index in [0.29, 0.717) is 13.2 Å². The number of aryl methyl sites for hydroxylation is 1. The van der Waals surface area contributed by atoms with Gasteiger partial charge in [0.1, 0.15) is 12.4 Å². The van der Waals surface area contributed by atoms with Crippen molar-refractivity contribution in [2.75, 3.05) is 32.9 Å². The molecule has 1 aromatic carbocycles. The van der Waals surface area contributed by atoms with Crippen LogP contribution in [-0.2, 0) is 16.0 Å². The van der Waals surface area contributed by atoms with E-state index in [2.05, 4.69) is 56.5 Å². The van der Waals surface area contributed by atoms with Gasteiger partial charge in [0, 0.05) is 31.9 Å². The topological polar surface area (TPSA) is 64.1 Å². The second kappa shape index (κ2) is 14.8. The summed E-state index contributed by atoms with van der Waals surface area (Å²) in [6.07, 6.45) is 3.64. The fraction of sp³-hybridized carbons (Fsp3) is 0.682. The summed E-state index contributed by atoms with van der Waals surface area (Å²) in [5.74, 6) is 1.72.